The zero-order chi connectivity index (χ0) is 109. The Hall–Kier alpha value is -5.02. The highest BCUT2D eigenvalue weighted by Gasteiger charge is 2.73. The van der Waals surface area contributed by atoms with Crippen LogP contribution in [0.25, 0.3) is 0 Å². The van der Waals surface area contributed by atoms with Crippen molar-refractivity contribution in [1.82, 2.24) is 5.32 Å². The molecule has 14 aliphatic rings. The van der Waals surface area contributed by atoms with Crippen molar-refractivity contribution < 1.29 is 231 Å². The van der Waals surface area contributed by atoms with Gasteiger partial charge in [0, 0.05) is 18.1 Å². The smallest absolute Gasteiger partial charge is 0.333 e. The van der Waals surface area contributed by atoms with Crippen LogP contribution in [0.4, 0.5) is 0 Å². The molecule has 0 radical (unpaired) electrons. The Morgan fingerprint density at radius 2 is 0.966 bits per heavy atom. The highest BCUT2D eigenvalue weighted by molar-refractivity contribution is 5.88. The topological polar surface area (TPSA) is 730 Å². The van der Waals surface area contributed by atoms with Crippen molar-refractivity contribution in [3.05, 3.63) is 60.3 Å². The summed E-state index contributed by atoms with van der Waals surface area (Å²) in [5.41, 5.74) is -6.74. The molecule has 149 heavy (non-hydrogen) atoms. The van der Waals surface area contributed by atoms with E-state index in [0.717, 1.165) is 5.57 Å². The lowest BCUT2D eigenvalue weighted by atomic mass is 9.33. The lowest BCUT2D eigenvalue weighted by Gasteiger charge is -2.72. The summed E-state index contributed by atoms with van der Waals surface area (Å²) < 4.78 is 122. The predicted molar refractivity (Wildman–Crippen MR) is 503 cm³/mol. The van der Waals surface area contributed by atoms with Crippen molar-refractivity contribution in [3.63, 3.8) is 0 Å². The van der Waals surface area contributed by atoms with Crippen molar-refractivity contribution in [2.75, 3.05) is 52.9 Å². The standard InChI is InChI=1S/C101H159NO47/c1-16-96(11,129)26-18-20-43(4)83(127)142-80-64(114)51(108)38-135-91(80)149-97(12,17-2)27-19-21-42(3)82(126)130-40-54-67(117)70(120)81(147-89-75(125)78(145-88-73(123)69(119)65(115)53(34-103)138-88)76(44(5)137-89)143-87-74(124)77(52(109)39-133-87)144-85-71(121)61(111)48(105)35-131-85)92(140-54)148-93(128)101-31-30-94(7,8)32-47(101)46-22-23-57-98(13)28-25-59(95(9,10)56(98)24-29-99(57,14)100(46,15)33-58(101)110)141-84-60(102-45(6)104)68(118)66(116)55(139-84)41-136-90-79(63(113)50(107)37-134-90)146-86-72(122)62(112)49(106)36-132-86/h16-17,20-22,44,47-81,84-92,103,105-125,129H,1-2,18-19,23-41H2,3-15H3,(H,102,104)/b42-21+,43-20+/t44-,47-,48+,49-,50-,51+,52+,53+,54+,55+,56-,57+,58+,59-,60+,61-,62-,63-,64-,65+,66+,67+,68+,69-,70-,71+,72+,73+,74+,75+,76-,77-,78-,79+,80+,81+,84-,85-,86-,87-,88-,89+,90-,91-,92-,96+,97+,98-,99+,100+,101+/m0/s1. The molecule has 9 saturated heterocycles. The molecule has 0 spiro atoms. The summed E-state index contributed by atoms with van der Waals surface area (Å²) >= 11 is 0. The van der Waals surface area contributed by atoms with Crippen molar-refractivity contribution >= 4 is 23.8 Å². The first-order chi connectivity index (χ1) is 69.8. The Kier molecular flexibility index (Phi) is 38.2. The monoisotopic (exact) mass is 2140 g/mol. The number of allylic oxidation sites excluding steroid dienone is 4. The molecule has 9 aliphatic heterocycles. The molecule has 48 nitrogen and oxygen atoms in total. The summed E-state index contributed by atoms with van der Waals surface area (Å²) in [6.45, 7) is 25.9. The van der Waals surface area contributed by atoms with Gasteiger partial charge in [-0.3, -0.25) is 9.59 Å². The molecule has 0 unspecified atom stereocenters. The van der Waals surface area contributed by atoms with Gasteiger partial charge in [-0.25, -0.2) is 9.59 Å². The first kappa shape index (κ1) is 119. The Bertz CT molecular complexity index is 4620. The van der Waals surface area contributed by atoms with Crippen LogP contribution >= 0.6 is 0 Å². The van der Waals surface area contributed by atoms with Gasteiger partial charge in [-0.15, -0.1) is 13.2 Å². The number of carbonyl (C=O) groups is 4. The molecule has 5 aliphatic carbocycles. The second-order valence-corrected chi connectivity index (χ2v) is 45.7. The third-order valence-corrected chi connectivity index (χ3v) is 34.6. The van der Waals surface area contributed by atoms with Crippen molar-refractivity contribution in [2.24, 2.45) is 50.2 Å². The minimum absolute atomic E-state index is 0.00562. The number of carbonyl (C=O) groups excluding carboxylic acids is 4. The van der Waals surface area contributed by atoms with E-state index in [0.29, 0.717) is 44.9 Å². The summed E-state index contributed by atoms with van der Waals surface area (Å²) in [5, 5.41) is 262. The predicted octanol–water partition coefficient (Wildman–Crippen LogP) is -5.15. The van der Waals surface area contributed by atoms with Gasteiger partial charge < -0.3 is 218 Å². The number of ether oxygens (including phenoxy) is 20. The van der Waals surface area contributed by atoms with E-state index in [1.54, 1.807) is 13.8 Å². The number of fused-ring (bicyclic) bond motifs is 7. The number of esters is 3. The molecule has 14 rings (SSSR count). The SMILES string of the molecule is C=C[C@@](C)(O)CC/C=C(\C)C(=O)O[C@H]1[C@H](O[C@](C)(C=C)CC/C=C(\C)C(=O)OC[C@H]2O[C@@H](OC(=O)[C@]34CCC(C)(C)C[C@H]3C3=CC[C@@H]5[C@@]6(C)CC[C@H](O[C@@H]7O[C@H](CO[C@@H]8OC[C@H](O)[C@H](O)[C@H]8O[C@@H]8OC[C@H](O)[C@H](O)[C@H]8O)[C@@H](O)[C@H](O)[C@H]7NC(C)=O)C(C)(C)[C@@H]6CC[C@@]5(C)[C@]3(C)C[C@H]4O)[C@H](O[C@H]3O[C@@H](C)[C@H](O[C@@H]4OC[C@@H](O)[C@H](O[C@@H]5OC[C@@H](O)[C@H](O)[C@H]5O)[C@H]4O)[C@@H](O[C@@H]4O[C@H](CO)[C@@H](O)[C@H](O)[C@H]4O)[C@H]3O)[C@@H](O)[C@@H]2O)OC[C@@H](O)[C@@H]1O. The molecule has 0 aromatic carbocycles. The fraction of sp³-hybridized carbons (Fsp3) is 0.861. The first-order valence-corrected chi connectivity index (χ1v) is 51.6. The molecule has 0 aromatic rings. The molecule has 850 valence electrons. The molecule has 51 atom stereocenters. The fourth-order valence-electron chi connectivity index (χ4n) is 25.0. The molecule has 0 bridgehead atoms. The molecule has 48 heteroatoms. The number of hydrogen-bond donors (Lipinski definition) is 24. The average Bonchev–Trinajstić information content (AvgIpc) is 0.667. The molecular formula is C101H159NO47. The molecule has 9 heterocycles. The number of hydrogen-bond acceptors (Lipinski definition) is 47. The van der Waals surface area contributed by atoms with E-state index in [1.165, 1.54) is 52.0 Å². The van der Waals surface area contributed by atoms with Crippen LogP contribution in [0.3, 0.4) is 0 Å². The van der Waals surface area contributed by atoms with Gasteiger partial charge in [0.25, 0.3) is 0 Å². The molecule has 13 fully saturated rings. The second kappa shape index (κ2) is 47.6. The maximum absolute atomic E-state index is 16.7. The third kappa shape index (κ3) is 24.3. The lowest BCUT2D eigenvalue weighted by molar-refractivity contribution is -0.398. The van der Waals surface area contributed by atoms with Crippen LogP contribution in [0.5, 0.6) is 0 Å². The Balaban J connectivity index is 0.726. The maximum Gasteiger partial charge on any atom is 0.333 e. The van der Waals surface area contributed by atoms with Gasteiger partial charge in [0.2, 0.25) is 12.2 Å². The number of aliphatic hydroxyl groups is 23. The molecule has 4 saturated carbocycles. The second-order valence-electron chi connectivity index (χ2n) is 45.7. The normalized spacial score (nSPS) is 47.9. The lowest BCUT2D eigenvalue weighted by Crippen LogP contribution is -2.69. The molecule has 0 aromatic heterocycles. The largest absolute Gasteiger partial charge is 0.459 e. The van der Waals surface area contributed by atoms with Gasteiger partial charge in [-0.05, 0) is 163 Å². The molecule has 1 amide bonds. The van der Waals surface area contributed by atoms with Crippen LogP contribution in [0, 0.1) is 50.2 Å². The van der Waals surface area contributed by atoms with Crippen molar-refractivity contribution in [3.8, 4) is 0 Å². The quantitative estimate of drug-likeness (QED) is 0.00942. The van der Waals surface area contributed by atoms with Crippen molar-refractivity contribution in [1.29, 1.82) is 0 Å². The minimum atomic E-state index is -2.34. The van der Waals surface area contributed by atoms with E-state index in [9.17, 15) is 132 Å². The fourth-order valence-corrected chi connectivity index (χ4v) is 25.0. The van der Waals surface area contributed by atoms with Gasteiger partial charge in [0.15, 0.2) is 62.5 Å². The number of amides is 1. The summed E-state index contributed by atoms with van der Waals surface area (Å²) in [4.78, 5) is 57.5. The Morgan fingerprint density at radius 1 is 0.463 bits per heavy atom. The maximum atomic E-state index is 16.7. The van der Waals surface area contributed by atoms with Gasteiger partial charge in [-0.2, -0.15) is 0 Å². The van der Waals surface area contributed by atoms with Gasteiger partial charge in [0.05, 0.1) is 75.8 Å². The number of nitrogens with one attached hydrogen (secondary N) is 1. The zero-order valence-corrected chi connectivity index (χ0v) is 86.2. The van der Waals surface area contributed by atoms with Crippen LogP contribution in [-0.4, -0.2) is 463 Å². The minimum Gasteiger partial charge on any atom is -0.459 e. The van der Waals surface area contributed by atoms with E-state index >= 15 is 4.79 Å². The molecular weight excluding hydrogens is 1980 g/mol. The van der Waals surface area contributed by atoms with Crippen LogP contribution in [-0.2, 0) is 114 Å². The van der Waals surface area contributed by atoms with Crippen LogP contribution in [0.15, 0.2) is 60.3 Å². The Labute approximate surface area is 862 Å². The number of aliphatic hydroxyl groups excluding tert-OH is 22. The van der Waals surface area contributed by atoms with E-state index in [1.807, 2.05) is 13.8 Å². The highest BCUT2D eigenvalue weighted by Crippen LogP contribution is 2.76. The van der Waals surface area contributed by atoms with Crippen molar-refractivity contribution in [2.45, 2.75) is 443 Å². The van der Waals surface area contributed by atoms with E-state index in [-0.39, 0.29) is 61.5 Å². The van der Waals surface area contributed by atoms with E-state index < -0.39 is 384 Å². The number of rotatable bonds is 34. The average molecular weight is 2140 g/mol. The molecule has 24 N–H and O–H groups in total. The van der Waals surface area contributed by atoms with Gasteiger partial charge in [-0.1, -0.05) is 84.4 Å². The third-order valence-electron chi connectivity index (χ3n) is 34.6. The van der Waals surface area contributed by atoms with Crippen LogP contribution < -0.4 is 5.32 Å². The summed E-state index contributed by atoms with van der Waals surface area (Å²) in [6.07, 6.45) is -61.3. The van der Waals surface area contributed by atoms with Crippen LogP contribution in [0.2, 0.25) is 0 Å². The summed E-state index contributed by atoms with van der Waals surface area (Å²) in [6, 6.07) is -1.34. The highest BCUT2D eigenvalue weighted by atomic mass is 16.8. The zero-order valence-electron chi connectivity index (χ0n) is 86.2. The summed E-state index contributed by atoms with van der Waals surface area (Å²) in [5.74, 6) is -4.58. The van der Waals surface area contributed by atoms with E-state index in [2.05, 4.69) is 59.2 Å². The van der Waals surface area contributed by atoms with Gasteiger partial charge in [0.1, 0.15) is 183 Å². The summed E-state index contributed by atoms with van der Waals surface area (Å²) in [7, 11) is 0. The van der Waals surface area contributed by atoms with Crippen LogP contribution in [0.1, 0.15) is 173 Å². The van der Waals surface area contributed by atoms with Gasteiger partial charge >= 0.3 is 17.9 Å². The van der Waals surface area contributed by atoms with E-state index in [4.69, 9.17) is 94.7 Å². The first-order valence-electron chi connectivity index (χ1n) is 51.6. The Morgan fingerprint density at radius 3 is 1.58 bits per heavy atom.